The minimum atomic E-state index is -0.116. The highest BCUT2D eigenvalue weighted by Gasteiger charge is 2.30. The number of rotatable bonds is 5. The number of benzene rings is 1. The van der Waals surface area contributed by atoms with E-state index in [1.54, 1.807) is 6.20 Å². The number of ether oxygens (including phenoxy) is 1. The molecular formula is C22H20ClN3O3S. The maximum absolute atomic E-state index is 12.0. The van der Waals surface area contributed by atoms with Gasteiger partial charge in [-0.1, -0.05) is 11.6 Å². The smallest absolute Gasteiger partial charge is 0.230 e. The van der Waals surface area contributed by atoms with Gasteiger partial charge in [0.05, 0.1) is 16.8 Å². The molecule has 1 saturated heterocycles. The molecule has 2 fully saturated rings. The Morgan fingerprint density at radius 1 is 1.13 bits per heavy atom. The number of imide groups is 1. The van der Waals surface area contributed by atoms with Crippen molar-refractivity contribution < 1.29 is 14.3 Å². The normalized spacial score (nSPS) is 21.3. The average Bonchev–Trinajstić information content (AvgIpc) is 3.26. The second-order valence-corrected chi connectivity index (χ2v) is 9.34. The minimum absolute atomic E-state index is 0.114. The summed E-state index contributed by atoms with van der Waals surface area (Å²) in [5, 5.41) is 0.623. The summed E-state index contributed by atoms with van der Waals surface area (Å²) < 4.78 is 7.18. The van der Waals surface area contributed by atoms with Crippen LogP contribution < -0.4 is 10.5 Å². The number of amides is 2. The average molecular weight is 442 g/mol. The number of carbonyl (C=O) groups is 2. The first-order valence-electron chi connectivity index (χ1n) is 9.90. The fraction of sp³-hybridized carbons (Fsp3) is 0.318. The summed E-state index contributed by atoms with van der Waals surface area (Å²) in [4.78, 5) is 30.7. The Balaban J connectivity index is 1.52. The quantitative estimate of drug-likeness (QED) is 0.601. The number of nitrogens with two attached hydrogens (primary N) is 1. The van der Waals surface area contributed by atoms with Crippen LogP contribution >= 0.6 is 22.9 Å². The number of aromatic nitrogens is 1. The molecule has 3 aromatic rings. The largest absolute Gasteiger partial charge is 0.490 e. The summed E-state index contributed by atoms with van der Waals surface area (Å²) in [6.45, 7) is 0.289. The van der Waals surface area contributed by atoms with E-state index < -0.39 is 0 Å². The number of pyridine rings is 1. The Bertz CT molecular complexity index is 1140. The van der Waals surface area contributed by atoms with Crippen LogP contribution in [0.2, 0.25) is 5.02 Å². The van der Waals surface area contributed by atoms with Crippen molar-refractivity contribution in [3.05, 3.63) is 46.4 Å². The molecule has 0 atom stereocenters. The van der Waals surface area contributed by atoms with Gasteiger partial charge in [-0.2, -0.15) is 0 Å². The van der Waals surface area contributed by atoms with E-state index in [9.17, 15) is 9.59 Å². The maximum atomic E-state index is 12.0. The van der Waals surface area contributed by atoms with Gasteiger partial charge in [0.1, 0.15) is 11.9 Å². The zero-order chi connectivity index (χ0) is 20.8. The first kappa shape index (κ1) is 19.5. The molecule has 1 aromatic carbocycles. The van der Waals surface area contributed by atoms with Crippen LogP contribution in [0.4, 0.5) is 0 Å². The molecule has 0 unspecified atom stereocenters. The SMILES string of the molecule is NC1CC(Oc2ccc(Cl)cc2-c2ccnc3cc(CN4C(=O)CCC4=O)sc23)C1. The van der Waals surface area contributed by atoms with Crippen LogP contribution in [0.3, 0.4) is 0 Å². The number of carbonyl (C=O) groups excluding carboxylic acids is 2. The van der Waals surface area contributed by atoms with Gasteiger partial charge in [-0.15, -0.1) is 11.3 Å². The zero-order valence-corrected chi connectivity index (χ0v) is 17.7. The van der Waals surface area contributed by atoms with Crippen LogP contribution in [0.1, 0.15) is 30.6 Å². The third kappa shape index (κ3) is 3.57. The van der Waals surface area contributed by atoms with Crippen molar-refractivity contribution in [1.82, 2.24) is 9.88 Å². The molecule has 2 aliphatic rings. The van der Waals surface area contributed by atoms with Gasteiger partial charge in [0.25, 0.3) is 0 Å². The lowest BCUT2D eigenvalue weighted by Crippen LogP contribution is -2.43. The van der Waals surface area contributed by atoms with Crippen molar-refractivity contribution in [3.8, 4) is 16.9 Å². The van der Waals surface area contributed by atoms with E-state index in [1.165, 1.54) is 16.2 Å². The van der Waals surface area contributed by atoms with E-state index in [1.807, 2.05) is 30.3 Å². The van der Waals surface area contributed by atoms with Crippen LogP contribution in [-0.4, -0.2) is 33.8 Å². The van der Waals surface area contributed by atoms with Gasteiger partial charge in [0.15, 0.2) is 0 Å². The topological polar surface area (TPSA) is 85.5 Å². The lowest BCUT2D eigenvalue weighted by Gasteiger charge is -2.33. The first-order chi connectivity index (χ1) is 14.5. The Labute approximate surface area is 182 Å². The standard InChI is InChI=1S/C22H20ClN3O3S/c23-12-1-2-19(29-14-8-13(24)9-14)17(7-12)16-5-6-25-18-10-15(30-22(16)18)11-26-20(27)3-4-21(26)28/h1-2,5-7,10,13-14H,3-4,8-9,11,24H2. The molecule has 8 heteroatoms. The second-order valence-electron chi connectivity index (χ2n) is 7.77. The molecule has 2 N–H and O–H groups in total. The Kier molecular flexibility index (Phi) is 4.97. The monoisotopic (exact) mass is 441 g/mol. The van der Waals surface area contributed by atoms with Gasteiger partial charge < -0.3 is 10.5 Å². The number of nitrogens with zero attached hydrogens (tertiary/aromatic N) is 2. The number of fused-ring (bicyclic) bond motifs is 1. The number of hydrogen-bond acceptors (Lipinski definition) is 6. The van der Waals surface area contributed by atoms with Crippen molar-refractivity contribution >= 4 is 45.0 Å². The molecule has 5 rings (SSSR count). The molecule has 6 nitrogen and oxygen atoms in total. The molecule has 0 radical (unpaired) electrons. The molecular weight excluding hydrogens is 422 g/mol. The molecule has 3 heterocycles. The minimum Gasteiger partial charge on any atom is -0.490 e. The van der Waals surface area contributed by atoms with Gasteiger partial charge in [-0.3, -0.25) is 19.5 Å². The van der Waals surface area contributed by atoms with Crippen molar-refractivity contribution in [2.24, 2.45) is 5.73 Å². The van der Waals surface area contributed by atoms with E-state index >= 15 is 0 Å². The second kappa shape index (κ2) is 7.65. The Hall–Kier alpha value is -2.48. The van der Waals surface area contributed by atoms with Crippen molar-refractivity contribution in [2.75, 3.05) is 0 Å². The molecule has 154 valence electrons. The number of likely N-dealkylation sites (tertiary alicyclic amines) is 1. The fourth-order valence-corrected chi connectivity index (χ4v) is 5.23. The molecule has 0 spiro atoms. The van der Waals surface area contributed by atoms with Gasteiger partial charge in [-0.05, 0) is 43.2 Å². The lowest BCUT2D eigenvalue weighted by molar-refractivity contribution is -0.138. The summed E-state index contributed by atoms with van der Waals surface area (Å²) in [5.41, 5.74) is 8.59. The summed E-state index contributed by atoms with van der Waals surface area (Å²) in [6.07, 6.45) is 4.14. The summed E-state index contributed by atoms with van der Waals surface area (Å²) >= 11 is 7.84. The van der Waals surface area contributed by atoms with Crippen LogP contribution in [0.25, 0.3) is 21.3 Å². The molecule has 1 saturated carbocycles. The molecule has 0 bridgehead atoms. The first-order valence-corrected chi connectivity index (χ1v) is 11.1. The van der Waals surface area contributed by atoms with Gasteiger partial charge in [0.2, 0.25) is 11.8 Å². The zero-order valence-electron chi connectivity index (χ0n) is 16.1. The predicted molar refractivity (Wildman–Crippen MR) is 116 cm³/mol. The van der Waals surface area contributed by atoms with Crippen LogP contribution in [0, 0.1) is 0 Å². The number of hydrogen-bond donors (Lipinski definition) is 1. The molecule has 2 amide bonds. The van der Waals surface area contributed by atoms with E-state index in [0.29, 0.717) is 17.9 Å². The van der Waals surface area contributed by atoms with Crippen LogP contribution in [-0.2, 0) is 16.1 Å². The number of halogens is 1. The number of thiophene rings is 1. The lowest BCUT2D eigenvalue weighted by atomic mass is 9.90. The van der Waals surface area contributed by atoms with E-state index in [2.05, 4.69) is 4.98 Å². The molecule has 1 aliphatic heterocycles. The van der Waals surface area contributed by atoms with Gasteiger partial charge >= 0.3 is 0 Å². The van der Waals surface area contributed by atoms with Crippen molar-refractivity contribution in [2.45, 2.75) is 44.4 Å². The maximum Gasteiger partial charge on any atom is 0.230 e. The van der Waals surface area contributed by atoms with Crippen LogP contribution in [0.5, 0.6) is 5.75 Å². The van der Waals surface area contributed by atoms with E-state index in [4.69, 9.17) is 22.1 Å². The van der Waals surface area contributed by atoms with Crippen molar-refractivity contribution in [1.29, 1.82) is 0 Å². The highest BCUT2D eigenvalue weighted by Crippen LogP contribution is 2.41. The third-order valence-electron chi connectivity index (χ3n) is 5.59. The molecule has 30 heavy (non-hydrogen) atoms. The van der Waals surface area contributed by atoms with Gasteiger partial charge in [-0.25, -0.2) is 0 Å². The summed E-state index contributed by atoms with van der Waals surface area (Å²) in [5.74, 6) is 0.536. The van der Waals surface area contributed by atoms with Gasteiger partial charge in [0, 0.05) is 46.1 Å². The Morgan fingerprint density at radius 3 is 2.63 bits per heavy atom. The molecule has 2 aromatic heterocycles. The van der Waals surface area contributed by atoms with Crippen molar-refractivity contribution in [3.63, 3.8) is 0 Å². The van der Waals surface area contributed by atoms with E-state index in [0.717, 1.165) is 44.8 Å². The van der Waals surface area contributed by atoms with Crippen LogP contribution in [0.15, 0.2) is 36.5 Å². The summed E-state index contributed by atoms with van der Waals surface area (Å²) in [7, 11) is 0. The molecule has 1 aliphatic carbocycles. The highest BCUT2D eigenvalue weighted by molar-refractivity contribution is 7.19. The Morgan fingerprint density at radius 2 is 1.90 bits per heavy atom. The predicted octanol–water partition coefficient (Wildman–Crippen LogP) is 4.13. The summed E-state index contributed by atoms with van der Waals surface area (Å²) in [6, 6.07) is 9.70. The fourth-order valence-electron chi connectivity index (χ4n) is 3.93. The van der Waals surface area contributed by atoms with E-state index in [-0.39, 0.29) is 30.5 Å². The highest BCUT2D eigenvalue weighted by atomic mass is 35.5. The third-order valence-corrected chi connectivity index (χ3v) is 6.97.